The average molecular weight is 912 g/mol. The Bertz CT molecular complexity index is 1030. The molecule has 0 aromatic heterocycles. The predicted octanol–water partition coefficient (Wildman–Crippen LogP) is 22.6. The van der Waals surface area contributed by atoms with Crippen molar-refractivity contribution in [3.8, 4) is 0 Å². The Morgan fingerprint density at radius 3 is 0.606 bits per heavy atom. The van der Waals surface area contributed by atoms with Gasteiger partial charge in [-0.05, 0) is 143 Å². The summed E-state index contributed by atoms with van der Waals surface area (Å²) in [6.07, 6.45) is 88.0. The minimum atomic E-state index is 0.991. The van der Waals surface area contributed by atoms with Crippen molar-refractivity contribution in [2.45, 2.75) is 334 Å². The first-order valence-corrected chi connectivity index (χ1v) is 32.1. The molecule has 14 saturated carbocycles. The van der Waals surface area contributed by atoms with Crippen molar-refractivity contribution in [2.24, 2.45) is 59.2 Å². The third-order valence-corrected chi connectivity index (χ3v) is 19.6. The summed E-state index contributed by atoms with van der Waals surface area (Å²) in [4.78, 5) is 0. The van der Waals surface area contributed by atoms with E-state index in [2.05, 4.69) is 24.3 Å². The van der Waals surface area contributed by atoms with E-state index in [9.17, 15) is 0 Å². The molecule has 0 amide bonds. The minimum Gasteiger partial charge on any atom is -0.0885 e. The van der Waals surface area contributed by atoms with Crippen LogP contribution in [0.4, 0.5) is 0 Å². The van der Waals surface area contributed by atoms with E-state index in [0.717, 1.165) is 35.5 Å². The Hall–Kier alpha value is -0.520. The van der Waals surface area contributed by atoms with Crippen LogP contribution in [0.15, 0.2) is 24.3 Å². The third-order valence-electron chi connectivity index (χ3n) is 19.6. The Morgan fingerprint density at radius 2 is 0.424 bits per heavy atom. The van der Waals surface area contributed by atoms with Crippen molar-refractivity contribution < 1.29 is 0 Å². The first-order chi connectivity index (χ1) is 32.8. The van der Waals surface area contributed by atoms with Gasteiger partial charge in [-0.3, -0.25) is 0 Å². The Balaban J connectivity index is 0.000000123. The minimum absolute atomic E-state index is 0.991. The summed E-state index contributed by atoms with van der Waals surface area (Å²) < 4.78 is 0. The molecular formula is C66H118. The molecule has 16 aliphatic rings. The molecule has 0 nitrogen and oxygen atoms in total. The summed E-state index contributed by atoms with van der Waals surface area (Å²) >= 11 is 0. The van der Waals surface area contributed by atoms with Crippen LogP contribution in [-0.4, -0.2) is 0 Å². The molecule has 0 aromatic carbocycles. The SMILES string of the molecule is C1=CC2CCC1C2.C1=CCCCC1.C1CC1.C1CC2CC3CC1CC(C2)C3.C1CC2CCC1C2.C1CCC1.C1CCC2CCCCC2C1.C1CCCC1.C1CCCCC1.C1CCCCCC1. The molecule has 2 unspecified atom stereocenters. The summed E-state index contributed by atoms with van der Waals surface area (Å²) in [5.41, 5.74) is 0. The normalized spacial score (nSPS) is 36.2. The zero-order chi connectivity index (χ0) is 45.4. The van der Waals surface area contributed by atoms with Gasteiger partial charge in [0.25, 0.3) is 0 Å². The summed E-state index contributed by atoms with van der Waals surface area (Å²) in [5, 5.41) is 0. The maximum atomic E-state index is 2.38. The molecule has 0 heterocycles. The topological polar surface area (TPSA) is 0 Å². The molecule has 0 N–H and O–H groups in total. The molecule has 0 heteroatoms. The van der Waals surface area contributed by atoms with Gasteiger partial charge >= 0.3 is 0 Å². The molecule has 66 heavy (non-hydrogen) atoms. The summed E-state index contributed by atoms with van der Waals surface area (Å²) in [5.74, 6) is 11.3. The molecular weight excluding hydrogens is 793 g/mol. The lowest BCUT2D eigenvalue weighted by molar-refractivity contribution is 0.134. The first kappa shape index (κ1) is 54.8. The fourth-order valence-electron chi connectivity index (χ4n) is 15.0. The quantitative estimate of drug-likeness (QED) is 0.168. The van der Waals surface area contributed by atoms with Crippen LogP contribution in [0.3, 0.4) is 0 Å². The van der Waals surface area contributed by atoms with Gasteiger partial charge in [0.15, 0.2) is 0 Å². The summed E-state index contributed by atoms with van der Waals surface area (Å²) in [7, 11) is 0. The lowest BCUT2D eigenvalue weighted by atomic mass is 9.68. The molecule has 2 atom stereocenters. The van der Waals surface area contributed by atoms with Gasteiger partial charge in [0, 0.05) is 0 Å². The van der Waals surface area contributed by atoms with Gasteiger partial charge in [-0.25, -0.2) is 0 Å². The van der Waals surface area contributed by atoms with E-state index in [-0.39, 0.29) is 0 Å². The fraction of sp³-hybridized carbons (Fsp3) is 0.939. The van der Waals surface area contributed by atoms with Gasteiger partial charge in [0.05, 0.1) is 0 Å². The zero-order valence-electron chi connectivity index (χ0n) is 44.9. The van der Waals surface area contributed by atoms with Crippen molar-refractivity contribution in [1.82, 2.24) is 0 Å². The van der Waals surface area contributed by atoms with Gasteiger partial charge in [0.2, 0.25) is 0 Å². The van der Waals surface area contributed by atoms with E-state index in [4.69, 9.17) is 0 Å². The van der Waals surface area contributed by atoms with Gasteiger partial charge < -0.3 is 0 Å². The highest BCUT2D eigenvalue weighted by Gasteiger charge is 2.39. The fourth-order valence-corrected chi connectivity index (χ4v) is 15.0. The predicted molar refractivity (Wildman–Crippen MR) is 293 cm³/mol. The molecule has 0 spiro atoms. The maximum absolute atomic E-state index is 2.38. The van der Waals surface area contributed by atoms with Crippen LogP contribution in [0.2, 0.25) is 0 Å². The van der Waals surface area contributed by atoms with Gasteiger partial charge in [-0.2, -0.15) is 0 Å². The smallest absolute Gasteiger partial charge is 0.0228 e. The molecule has 0 aliphatic heterocycles. The molecule has 0 saturated heterocycles. The molecule has 16 rings (SSSR count). The van der Waals surface area contributed by atoms with Gasteiger partial charge in [-0.15, -0.1) is 0 Å². The van der Waals surface area contributed by atoms with E-state index in [0.29, 0.717) is 0 Å². The van der Waals surface area contributed by atoms with Crippen molar-refractivity contribution in [3.05, 3.63) is 24.3 Å². The molecule has 0 radical (unpaired) electrons. The van der Waals surface area contributed by atoms with E-state index in [1.54, 1.807) is 103 Å². The Morgan fingerprint density at radius 1 is 0.182 bits per heavy atom. The van der Waals surface area contributed by atoms with E-state index >= 15 is 0 Å². The molecule has 14 fully saturated rings. The largest absolute Gasteiger partial charge is 0.0885 e. The van der Waals surface area contributed by atoms with Crippen molar-refractivity contribution in [3.63, 3.8) is 0 Å². The molecule has 382 valence electrons. The number of fused-ring (bicyclic) bond motifs is 6. The summed E-state index contributed by atoms with van der Waals surface area (Å²) in [6.45, 7) is 0. The van der Waals surface area contributed by atoms with Crippen LogP contribution in [0.1, 0.15) is 334 Å². The number of hydrogen-bond acceptors (Lipinski definition) is 0. The van der Waals surface area contributed by atoms with Crippen LogP contribution < -0.4 is 0 Å². The highest BCUT2D eigenvalue weighted by molar-refractivity contribution is 5.06. The number of rotatable bonds is 0. The Labute approximate surface area is 415 Å². The van der Waals surface area contributed by atoms with Gasteiger partial charge in [-0.1, -0.05) is 275 Å². The van der Waals surface area contributed by atoms with Crippen LogP contribution in [0, 0.1) is 59.2 Å². The van der Waals surface area contributed by atoms with E-state index < -0.39 is 0 Å². The average Bonchev–Trinajstić information content (AvgIpc) is 3.67. The van der Waals surface area contributed by atoms with Crippen molar-refractivity contribution >= 4 is 0 Å². The molecule has 0 aromatic rings. The zero-order valence-corrected chi connectivity index (χ0v) is 44.9. The monoisotopic (exact) mass is 911 g/mol. The molecule has 8 bridgehead atoms. The van der Waals surface area contributed by atoms with Crippen molar-refractivity contribution in [1.29, 1.82) is 0 Å². The maximum Gasteiger partial charge on any atom is -0.0228 e. The molecule has 16 aliphatic carbocycles. The lowest BCUT2D eigenvalue weighted by Gasteiger charge is -2.38. The second-order valence-corrected chi connectivity index (χ2v) is 25.7. The highest BCUT2D eigenvalue weighted by atomic mass is 14.4. The van der Waals surface area contributed by atoms with Crippen LogP contribution >= 0.6 is 0 Å². The lowest BCUT2D eigenvalue weighted by Crippen LogP contribution is -2.26. The van der Waals surface area contributed by atoms with Gasteiger partial charge in [0.1, 0.15) is 0 Å². The first-order valence-electron chi connectivity index (χ1n) is 32.1. The van der Waals surface area contributed by atoms with Crippen LogP contribution in [0.5, 0.6) is 0 Å². The summed E-state index contributed by atoms with van der Waals surface area (Å²) in [6, 6.07) is 0. The second-order valence-electron chi connectivity index (χ2n) is 25.7. The highest BCUT2D eigenvalue weighted by Crippen LogP contribution is 2.51. The van der Waals surface area contributed by atoms with Crippen LogP contribution in [-0.2, 0) is 0 Å². The standard InChI is InChI=1S/C11H18.C10H18.C7H12.C7H10.C7H14.C6H12.C6H10.C5H10.C4H8.C3H6/c1-2-9-5-10-3-8(1)4-11(6-9)7-10;1-2-6-10-8-4-3-7-9(10)5-1;2*1-2-7-4-3-6(1)5-7;1-2-4-6-7-5-3-1;2*1-2-4-6-5-3-1;1-2-4-5-3-1;1-2-4-3-1;1-2-3-1/h8-11H,1-7H2;9-10H,1-8H2;6-7H,1-5H2;1-2,6-7H,3-5H2;1-7H2;1-6H2;1-2H,3-6H2;1-5H2;1-4H2;1-3H2. The van der Waals surface area contributed by atoms with Crippen molar-refractivity contribution in [2.75, 3.05) is 0 Å². The van der Waals surface area contributed by atoms with Crippen LogP contribution in [0.25, 0.3) is 0 Å². The number of hydrogen-bond donors (Lipinski definition) is 0. The third kappa shape index (κ3) is 25.0. The second kappa shape index (κ2) is 35.6. The van der Waals surface area contributed by atoms with E-state index in [1.165, 1.54) is 255 Å². The van der Waals surface area contributed by atoms with E-state index in [1.807, 2.05) is 0 Å². The Kier molecular flexibility index (Phi) is 29.5. The number of allylic oxidation sites excluding steroid dienone is 4.